The highest BCUT2D eigenvalue weighted by Crippen LogP contribution is 2.13. The van der Waals surface area contributed by atoms with Crippen LogP contribution in [0, 0.1) is 6.92 Å². The van der Waals surface area contributed by atoms with Gasteiger partial charge in [0.15, 0.2) is 0 Å². The lowest BCUT2D eigenvalue weighted by Crippen LogP contribution is -2.17. The third kappa shape index (κ3) is 2.15. The normalized spacial score (nSPS) is 10.5. The molecule has 0 unspecified atom stereocenters. The van der Waals surface area contributed by atoms with Crippen molar-refractivity contribution in [1.29, 1.82) is 0 Å². The quantitative estimate of drug-likeness (QED) is 0.809. The van der Waals surface area contributed by atoms with Crippen LogP contribution in [-0.4, -0.2) is 20.3 Å². The second-order valence-corrected chi connectivity index (χ2v) is 4.02. The number of hydrogen-bond acceptors (Lipinski definition) is 3. The second-order valence-electron chi connectivity index (χ2n) is 4.02. The molecular weight excluding hydrogens is 218 g/mol. The minimum absolute atomic E-state index is 0.202. The molecule has 90 valence electrons. The summed E-state index contributed by atoms with van der Waals surface area (Å²) in [4.78, 5) is 12.0. The molecule has 0 aromatic carbocycles. The molecule has 6 nitrogen and oxygen atoms in total. The largest absolute Gasteiger partial charge is 0.397 e. The van der Waals surface area contributed by atoms with Gasteiger partial charge in [-0.05, 0) is 13.0 Å². The zero-order valence-electron chi connectivity index (χ0n) is 10.1. The Hall–Kier alpha value is -2.24. The minimum atomic E-state index is -0.202. The number of nitrogens with one attached hydrogen (secondary N) is 1. The first-order chi connectivity index (χ1) is 7.97. The monoisotopic (exact) mass is 233 g/mol. The van der Waals surface area contributed by atoms with E-state index in [1.54, 1.807) is 35.6 Å². The van der Waals surface area contributed by atoms with Gasteiger partial charge < -0.3 is 15.6 Å². The van der Waals surface area contributed by atoms with Crippen LogP contribution in [0.1, 0.15) is 16.2 Å². The molecule has 0 aliphatic rings. The predicted molar refractivity (Wildman–Crippen MR) is 65.7 cm³/mol. The molecule has 2 heterocycles. The molecule has 6 heteroatoms. The molecule has 0 saturated heterocycles. The Bertz CT molecular complexity index is 566. The molecule has 17 heavy (non-hydrogen) atoms. The zero-order valence-corrected chi connectivity index (χ0v) is 10.1. The van der Waals surface area contributed by atoms with Gasteiger partial charge in [0.2, 0.25) is 0 Å². The summed E-state index contributed by atoms with van der Waals surface area (Å²) < 4.78 is 3.31. The lowest BCUT2D eigenvalue weighted by molar-refractivity contribution is 0.101. The van der Waals surface area contributed by atoms with E-state index in [1.165, 1.54) is 0 Å². The summed E-state index contributed by atoms with van der Waals surface area (Å²) in [5.74, 6) is 0.458. The van der Waals surface area contributed by atoms with E-state index in [4.69, 9.17) is 5.73 Å². The molecule has 0 fully saturated rings. The summed E-state index contributed by atoms with van der Waals surface area (Å²) in [6, 6.07) is 3.45. The van der Waals surface area contributed by atoms with Crippen molar-refractivity contribution in [2.75, 3.05) is 11.1 Å². The lowest BCUT2D eigenvalue weighted by Gasteiger charge is -2.05. The molecule has 0 bridgehead atoms. The van der Waals surface area contributed by atoms with E-state index in [0.717, 1.165) is 5.69 Å². The molecule has 3 N–H and O–H groups in total. The van der Waals surface area contributed by atoms with Crippen molar-refractivity contribution in [2.45, 2.75) is 6.92 Å². The number of aryl methyl sites for hydroxylation is 3. The maximum Gasteiger partial charge on any atom is 0.273 e. The van der Waals surface area contributed by atoms with Crippen molar-refractivity contribution >= 4 is 17.4 Å². The molecule has 0 aliphatic carbocycles. The Labute approximate surface area is 99.0 Å². The number of nitrogen functional groups attached to an aromatic ring is 1. The molecule has 2 aromatic heterocycles. The van der Waals surface area contributed by atoms with Gasteiger partial charge in [0.25, 0.3) is 5.91 Å². The molecule has 2 rings (SSSR count). The number of nitrogens with zero attached hydrogens (tertiary/aromatic N) is 3. The van der Waals surface area contributed by atoms with E-state index >= 15 is 0 Å². The molecular formula is C11H15N5O. The smallest absolute Gasteiger partial charge is 0.273 e. The summed E-state index contributed by atoms with van der Waals surface area (Å²) in [6.07, 6.45) is 1.70. The van der Waals surface area contributed by atoms with Crippen LogP contribution in [0.5, 0.6) is 0 Å². The third-order valence-electron chi connectivity index (χ3n) is 2.50. The van der Waals surface area contributed by atoms with Gasteiger partial charge in [0.05, 0.1) is 11.4 Å². The lowest BCUT2D eigenvalue weighted by atomic mass is 10.3. The van der Waals surface area contributed by atoms with Crippen molar-refractivity contribution in [3.63, 3.8) is 0 Å². The molecule has 0 aliphatic heterocycles. The van der Waals surface area contributed by atoms with Crippen LogP contribution in [0.15, 0.2) is 18.3 Å². The Morgan fingerprint density at radius 1 is 1.41 bits per heavy atom. The van der Waals surface area contributed by atoms with E-state index < -0.39 is 0 Å². The average Bonchev–Trinajstić information content (AvgIpc) is 2.70. The van der Waals surface area contributed by atoms with Gasteiger partial charge in [-0.15, -0.1) is 0 Å². The van der Waals surface area contributed by atoms with Crippen LogP contribution in [-0.2, 0) is 14.1 Å². The summed E-state index contributed by atoms with van der Waals surface area (Å²) in [5, 5.41) is 6.94. The molecule has 1 amide bonds. The Morgan fingerprint density at radius 3 is 2.59 bits per heavy atom. The number of rotatable bonds is 2. The highest BCUT2D eigenvalue weighted by Gasteiger charge is 2.13. The van der Waals surface area contributed by atoms with Gasteiger partial charge in [-0.2, -0.15) is 5.10 Å². The highest BCUT2D eigenvalue weighted by molar-refractivity contribution is 6.03. The van der Waals surface area contributed by atoms with E-state index in [9.17, 15) is 4.79 Å². The highest BCUT2D eigenvalue weighted by atomic mass is 16.2. The van der Waals surface area contributed by atoms with E-state index in [1.807, 2.05) is 13.0 Å². The first-order valence-electron chi connectivity index (χ1n) is 5.21. The van der Waals surface area contributed by atoms with Crippen LogP contribution in [0.25, 0.3) is 0 Å². The third-order valence-corrected chi connectivity index (χ3v) is 2.50. The van der Waals surface area contributed by atoms with E-state index in [-0.39, 0.29) is 5.91 Å². The zero-order chi connectivity index (χ0) is 12.6. The first kappa shape index (κ1) is 11.3. The Kier molecular flexibility index (Phi) is 2.63. The molecule has 2 aromatic rings. The van der Waals surface area contributed by atoms with Crippen LogP contribution < -0.4 is 11.1 Å². The summed E-state index contributed by atoms with van der Waals surface area (Å²) in [7, 11) is 3.56. The second kappa shape index (κ2) is 3.97. The number of nitrogens with two attached hydrogens (primary N) is 1. The van der Waals surface area contributed by atoms with Gasteiger partial charge in [-0.25, -0.2) is 0 Å². The van der Waals surface area contributed by atoms with E-state index in [0.29, 0.717) is 17.2 Å². The van der Waals surface area contributed by atoms with Crippen molar-refractivity contribution in [1.82, 2.24) is 14.3 Å². The van der Waals surface area contributed by atoms with Crippen LogP contribution in [0.2, 0.25) is 0 Å². The number of carbonyl (C=O) groups is 1. The maximum atomic E-state index is 12.0. The maximum absolute atomic E-state index is 12.0. The van der Waals surface area contributed by atoms with Crippen molar-refractivity contribution < 1.29 is 4.79 Å². The fourth-order valence-electron chi connectivity index (χ4n) is 1.72. The fourth-order valence-corrected chi connectivity index (χ4v) is 1.72. The van der Waals surface area contributed by atoms with Gasteiger partial charge in [-0.1, -0.05) is 0 Å². The van der Waals surface area contributed by atoms with Crippen molar-refractivity contribution in [2.24, 2.45) is 14.1 Å². The standard InChI is InChI=1S/C11H15N5O/c1-7-4-10(16(3)14-7)13-11(17)9-5-8(12)6-15(9)2/h4-6H,12H2,1-3H3,(H,13,17). The predicted octanol–water partition coefficient (Wildman–Crippen LogP) is 0.902. The van der Waals surface area contributed by atoms with Crippen LogP contribution >= 0.6 is 0 Å². The Balaban J connectivity index is 2.22. The molecule has 0 atom stereocenters. The number of anilines is 2. The average molecular weight is 233 g/mol. The van der Waals surface area contributed by atoms with Gasteiger partial charge in [0, 0.05) is 26.4 Å². The Morgan fingerprint density at radius 2 is 2.12 bits per heavy atom. The van der Waals surface area contributed by atoms with Gasteiger partial charge >= 0.3 is 0 Å². The number of aromatic nitrogens is 3. The SMILES string of the molecule is Cc1cc(NC(=O)c2cc(N)cn2C)n(C)n1. The van der Waals surface area contributed by atoms with Gasteiger partial charge in [-0.3, -0.25) is 9.48 Å². The van der Waals surface area contributed by atoms with E-state index in [2.05, 4.69) is 10.4 Å². The fraction of sp³-hybridized carbons (Fsp3) is 0.273. The number of amides is 1. The summed E-state index contributed by atoms with van der Waals surface area (Å²) >= 11 is 0. The van der Waals surface area contributed by atoms with Gasteiger partial charge in [0.1, 0.15) is 11.5 Å². The van der Waals surface area contributed by atoms with Crippen LogP contribution in [0.4, 0.5) is 11.5 Å². The summed E-state index contributed by atoms with van der Waals surface area (Å²) in [6.45, 7) is 1.87. The molecule has 0 spiro atoms. The van der Waals surface area contributed by atoms with Crippen molar-refractivity contribution in [3.8, 4) is 0 Å². The number of carbonyl (C=O) groups excluding carboxylic acids is 1. The number of hydrogen-bond donors (Lipinski definition) is 2. The van der Waals surface area contributed by atoms with Crippen molar-refractivity contribution in [3.05, 3.63) is 29.7 Å². The van der Waals surface area contributed by atoms with Crippen LogP contribution in [0.3, 0.4) is 0 Å². The molecule has 0 saturated carbocycles. The summed E-state index contributed by atoms with van der Waals surface area (Å²) in [5.41, 5.74) is 7.57. The molecule has 0 radical (unpaired) electrons. The minimum Gasteiger partial charge on any atom is -0.397 e. The topological polar surface area (TPSA) is 77.9 Å². The first-order valence-corrected chi connectivity index (χ1v) is 5.21.